The Kier molecular flexibility index (Phi) is 4.10. The molecule has 82 valence electrons. The van der Waals surface area contributed by atoms with E-state index in [-0.39, 0.29) is 12.3 Å². The van der Waals surface area contributed by atoms with Crippen molar-refractivity contribution in [2.24, 2.45) is 5.73 Å². The summed E-state index contributed by atoms with van der Waals surface area (Å²) in [5, 5.41) is 2.65. The van der Waals surface area contributed by atoms with Crippen LogP contribution < -0.4 is 11.1 Å². The number of hydrogen-bond donors (Lipinski definition) is 2. The van der Waals surface area contributed by atoms with Gasteiger partial charge in [0.25, 0.3) is 0 Å². The summed E-state index contributed by atoms with van der Waals surface area (Å²) in [6.07, 6.45) is 0.0321. The van der Waals surface area contributed by atoms with E-state index in [1.165, 1.54) is 6.92 Å². The molecule has 0 aliphatic carbocycles. The van der Waals surface area contributed by atoms with Gasteiger partial charge in [0.05, 0.1) is 6.42 Å². The van der Waals surface area contributed by atoms with Gasteiger partial charge in [0.2, 0.25) is 11.8 Å². The number of amides is 2. The van der Waals surface area contributed by atoms with Gasteiger partial charge in [0, 0.05) is 18.2 Å². The summed E-state index contributed by atoms with van der Waals surface area (Å²) < 4.78 is 0. The lowest BCUT2D eigenvalue weighted by molar-refractivity contribution is -0.117. The molecule has 0 unspecified atom stereocenters. The summed E-state index contributed by atoms with van der Waals surface area (Å²) in [6, 6.07) is 7.06. The van der Waals surface area contributed by atoms with Crippen molar-refractivity contribution in [3.8, 4) is 11.8 Å². The Morgan fingerprint density at radius 1 is 1.44 bits per heavy atom. The summed E-state index contributed by atoms with van der Waals surface area (Å²) in [7, 11) is 0. The normalized spacial score (nSPS) is 8.81. The number of carbonyl (C=O) groups is 2. The number of hydrogen-bond acceptors (Lipinski definition) is 2. The number of primary amides is 1. The smallest absolute Gasteiger partial charge is 0.229 e. The van der Waals surface area contributed by atoms with Gasteiger partial charge < -0.3 is 11.1 Å². The van der Waals surface area contributed by atoms with Crippen LogP contribution in [0.5, 0.6) is 0 Å². The first kappa shape index (κ1) is 11.8. The summed E-state index contributed by atoms with van der Waals surface area (Å²) >= 11 is 0. The first-order chi connectivity index (χ1) is 7.58. The molecule has 4 heteroatoms. The molecule has 0 saturated carbocycles. The second kappa shape index (κ2) is 5.56. The summed E-state index contributed by atoms with van der Waals surface area (Å²) in [5.41, 5.74) is 6.36. The maximum atomic E-state index is 10.8. The molecule has 1 rings (SSSR count). The van der Waals surface area contributed by atoms with Crippen molar-refractivity contribution in [2.75, 3.05) is 5.32 Å². The van der Waals surface area contributed by atoms with E-state index in [0.29, 0.717) is 5.69 Å². The fraction of sp³-hybridized carbons (Fsp3) is 0.167. The zero-order chi connectivity index (χ0) is 12.0. The lowest BCUT2D eigenvalue weighted by Crippen LogP contribution is -2.08. The molecule has 0 fully saturated rings. The average Bonchev–Trinajstić information content (AvgIpc) is 2.16. The fourth-order valence-corrected chi connectivity index (χ4v) is 1.11. The molecule has 2 amide bonds. The zero-order valence-corrected chi connectivity index (χ0v) is 8.91. The second-order valence-electron chi connectivity index (χ2n) is 3.21. The van der Waals surface area contributed by atoms with Gasteiger partial charge in [-0.1, -0.05) is 17.9 Å². The van der Waals surface area contributed by atoms with Gasteiger partial charge in [-0.15, -0.1) is 0 Å². The van der Waals surface area contributed by atoms with Crippen LogP contribution in [0.4, 0.5) is 5.69 Å². The number of anilines is 1. The maximum Gasteiger partial charge on any atom is 0.229 e. The highest BCUT2D eigenvalue weighted by molar-refractivity contribution is 5.88. The minimum absolute atomic E-state index is 0.0321. The summed E-state index contributed by atoms with van der Waals surface area (Å²) in [5.74, 6) is 4.84. The topological polar surface area (TPSA) is 72.2 Å². The fourth-order valence-electron chi connectivity index (χ4n) is 1.11. The molecule has 16 heavy (non-hydrogen) atoms. The van der Waals surface area contributed by atoms with E-state index in [2.05, 4.69) is 17.2 Å². The second-order valence-corrected chi connectivity index (χ2v) is 3.21. The van der Waals surface area contributed by atoms with Gasteiger partial charge in [0.1, 0.15) is 0 Å². The molecule has 0 spiro atoms. The Hall–Kier alpha value is -2.28. The maximum absolute atomic E-state index is 10.8. The van der Waals surface area contributed by atoms with E-state index in [9.17, 15) is 9.59 Å². The molecule has 0 heterocycles. The number of benzene rings is 1. The van der Waals surface area contributed by atoms with Gasteiger partial charge >= 0.3 is 0 Å². The van der Waals surface area contributed by atoms with E-state index >= 15 is 0 Å². The van der Waals surface area contributed by atoms with Crippen LogP contribution in [-0.4, -0.2) is 11.8 Å². The van der Waals surface area contributed by atoms with Crippen LogP contribution in [0.2, 0.25) is 0 Å². The van der Waals surface area contributed by atoms with Crippen molar-refractivity contribution in [3.05, 3.63) is 29.8 Å². The molecule has 0 radical (unpaired) electrons. The zero-order valence-electron chi connectivity index (χ0n) is 8.91. The molecule has 0 saturated heterocycles. The van der Waals surface area contributed by atoms with Crippen molar-refractivity contribution in [2.45, 2.75) is 13.3 Å². The first-order valence-electron chi connectivity index (χ1n) is 4.73. The van der Waals surface area contributed by atoms with Crippen LogP contribution in [0.25, 0.3) is 0 Å². The first-order valence-corrected chi connectivity index (χ1v) is 4.73. The van der Waals surface area contributed by atoms with Gasteiger partial charge in [0.15, 0.2) is 0 Å². The highest BCUT2D eigenvalue weighted by Crippen LogP contribution is 2.09. The van der Waals surface area contributed by atoms with E-state index in [4.69, 9.17) is 5.73 Å². The van der Waals surface area contributed by atoms with Crippen molar-refractivity contribution >= 4 is 17.5 Å². The summed E-state index contributed by atoms with van der Waals surface area (Å²) in [4.78, 5) is 21.3. The minimum Gasteiger partial charge on any atom is -0.369 e. The van der Waals surface area contributed by atoms with Crippen LogP contribution in [0.3, 0.4) is 0 Å². The Balaban J connectivity index is 2.76. The van der Waals surface area contributed by atoms with E-state index in [0.717, 1.165) is 5.56 Å². The predicted molar refractivity (Wildman–Crippen MR) is 61.4 cm³/mol. The van der Waals surface area contributed by atoms with Crippen molar-refractivity contribution < 1.29 is 9.59 Å². The summed E-state index contributed by atoms with van der Waals surface area (Å²) in [6.45, 7) is 1.44. The largest absolute Gasteiger partial charge is 0.369 e. The molecule has 3 N–H and O–H groups in total. The molecule has 4 nitrogen and oxygen atoms in total. The highest BCUT2D eigenvalue weighted by atomic mass is 16.1. The number of rotatable bonds is 2. The lowest BCUT2D eigenvalue weighted by atomic mass is 10.2. The Morgan fingerprint density at radius 3 is 2.81 bits per heavy atom. The van der Waals surface area contributed by atoms with Crippen molar-refractivity contribution in [1.29, 1.82) is 0 Å². The van der Waals surface area contributed by atoms with Gasteiger partial charge in [-0.3, -0.25) is 9.59 Å². The van der Waals surface area contributed by atoms with Gasteiger partial charge in [-0.2, -0.15) is 0 Å². The Morgan fingerprint density at radius 2 is 2.19 bits per heavy atom. The Bertz CT molecular complexity index is 469. The number of nitrogens with two attached hydrogens (primary N) is 1. The van der Waals surface area contributed by atoms with Crippen LogP contribution in [-0.2, 0) is 9.59 Å². The van der Waals surface area contributed by atoms with Crippen molar-refractivity contribution in [1.82, 2.24) is 0 Å². The minimum atomic E-state index is -0.453. The van der Waals surface area contributed by atoms with Gasteiger partial charge in [-0.25, -0.2) is 0 Å². The third-order valence-electron chi connectivity index (χ3n) is 1.68. The molecule has 0 aliphatic heterocycles. The molecule has 0 aromatic heterocycles. The van der Waals surface area contributed by atoms with Crippen LogP contribution in [0.15, 0.2) is 24.3 Å². The van der Waals surface area contributed by atoms with E-state index in [1.807, 2.05) is 0 Å². The van der Waals surface area contributed by atoms with Gasteiger partial charge in [-0.05, 0) is 18.2 Å². The van der Waals surface area contributed by atoms with Crippen LogP contribution >= 0.6 is 0 Å². The monoisotopic (exact) mass is 216 g/mol. The third-order valence-corrected chi connectivity index (χ3v) is 1.68. The quantitative estimate of drug-likeness (QED) is 0.720. The highest BCUT2D eigenvalue weighted by Gasteiger charge is 1.95. The average molecular weight is 216 g/mol. The SMILES string of the molecule is CC(=O)Nc1cccc(C#CCC(N)=O)c1. The molecule has 0 aliphatic rings. The van der Waals surface area contributed by atoms with Crippen molar-refractivity contribution in [3.63, 3.8) is 0 Å². The lowest BCUT2D eigenvalue weighted by Gasteiger charge is -2.01. The standard InChI is InChI=1S/C12H12N2O2/c1-9(15)14-11-6-2-4-10(8-11)5-3-7-12(13)16/h2,4,6,8H,7H2,1H3,(H2,13,16)(H,14,15). The molecule has 1 aromatic rings. The Labute approximate surface area is 93.8 Å². The number of nitrogens with one attached hydrogen (secondary N) is 1. The molecule has 0 atom stereocenters. The molecular formula is C12H12N2O2. The van der Waals surface area contributed by atoms with Crippen LogP contribution in [0.1, 0.15) is 18.9 Å². The predicted octanol–water partition coefficient (Wildman–Crippen LogP) is 0.872. The van der Waals surface area contributed by atoms with Crippen LogP contribution in [0, 0.1) is 11.8 Å². The molecule has 1 aromatic carbocycles. The third kappa shape index (κ3) is 4.29. The van der Waals surface area contributed by atoms with E-state index in [1.54, 1.807) is 24.3 Å². The number of carbonyl (C=O) groups excluding carboxylic acids is 2. The molecular weight excluding hydrogens is 204 g/mol. The molecule has 0 bridgehead atoms. The van der Waals surface area contributed by atoms with E-state index < -0.39 is 5.91 Å².